The van der Waals surface area contributed by atoms with Crippen molar-refractivity contribution < 1.29 is 107 Å². The fourth-order valence-corrected chi connectivity index (χ4v) is 3.61. The summed E-state index contributed by atoms with van der Waals surface area (Å²) < 4.78 is 11.6. The van der Waals surface area contributed by atoms with Gasteiger partial charge in [0, 0.05) is 94.5 Å². The molecular weight excluding hydrogens is 678 g/mol. The predicted molar refractivity (Wildman–Crippen MR) is 64.3 cm³/mol. The van der Waals surface area contributed by atoms with Gasteiger partial charge in [0.2, 0.25) is 0 Å². The maximum absolute atomic E-state index is 8.73. The third kappa shape index (κ3) is 9.37. The van der Waals surface area contributed by atoms with E-state index in [-0.39, 0.29) is 114 Å². The predicted octanol–water partition coefficient (Wildman–Crippen LogP) is 0.959. The van der Waals surface area contributed by atoms with Gasteiger partial charge in [-0.2, -0.15) is 0 Å². The van der Waals surface area contributed by atoms with Crippen LogP contribution >= 0.6 is 0 Å². The minimum atomic E-state index is -2.08. The Morgan fingerprint density at radius 2 is 1.39 bits per heavy atom. The summed E-state index contributed by atoms with van der Waals surface area (Å²) in [6.07, 6.45) is 7.84. The summed E-state index contributed by atoms with van der Waals surface area (Å²) in [6, 6.07) is 0. The Bertz CT molecular complexity index is 248. The normalized spacial score (nSPS) is 26.9. The Hall–Kier alpha value is 2.42. The van der Waals surface area contributed by atoms with Gasteiger partial charge < -0.3 is 19.1 Å². The van der Waals surface area contributed by atoms with Gasteiger partial charge in [0.15, 0.2) is 0 Å². The summed E-state index contributed by atoms with van der Waals surface area (Å²) in [4.78, 5) is 0. The monoisotopic (exact) mass is 698 g/mol. The summed E-state index contributed by atoms with van der Waals surface area (Å²) in [5, 5.41) is 17.5. The van der Waals surface area contributed by atoms with Crippen LogP contribution in [0.1, 0.15) is 6.42 Å². The van der Waals surface area contributed by atoms with Crippen LogP contribution in [0.15, 0.2) is 24.3 Å². The van der Waals surface area contributed by atoms with Crippen molar-refractivity contribution in [1.29, 1.82) is 0 Å². The van der Waals surface area contributed by atoms with Crippen molar-refractivity contribution in [2.75, 3.05) is 13.2 Å². The molecule has 0 aliphatic carbocycles. The van der Waals surface area contributed by atoms with Crippen LogP contribution in [0, 0.1) is 88.1 Å². The van der Waals surface area contributed by atoms with Gasteiger partial charge in [-0.3, -0.25) is 0 Å². The van der Waals surface area contributed by atoms with Gasteiger partial charge in [-0.05, 0) is 13.1 Å². The molecule has 98 valence electrons. The molecule has 2 N–H and O–H groups in total. The SMILES string of the molecule is C[Si]1(C)OC(/C=C/CO)CC(/C=C/CO)O1.[Ac].[Ac]. The van der Waals surface area contributed by atoms with Crippen molar-refractivity contribution in [3.8, 4) is 0 Å². The van der Waals surface area contributed by atoms with Gasteiger partial charge in [0.1, 0.15) is 0 Å². The number of aliphatic hydroxyl groups is 2. The molecule has 1 saturated heterocycles. The van der Waals surface area contributed by atoms with Crippen LogP contribution in [-0.4, -0.2) is 44.2 Å². The van der Waals surface area contributed by atoms with Crippen LogP contribution in [0.5, 0.6) is 0 Å². The van der Waals surface area contributed by atoms with E-state index in [9.17, 15) is 0 Å². The van der Waals surface area contributed by atoms with Crippen LogP contribution in [0.4, 0.5) is 0 Å². The first-order chi connectivity index (χ1) is 7.57. The van der Waals surface area contributed by atoms with Gasteiger partial charge in [-0.1, -0.05) is 24.3 Å². The zero-order valence-electron chi connectivity index (χ0n) is 11.0. The fraction of sp³-hybridized carbons (Fsp3) is 0.636. The smallest absolute Gasteiger partial charge is 0.332 e. The number of rotatable bonds is 4. The van der Waals surface area contributed by atoms with Crippen LogP contribution in [0.25, 0.3) is 0 Å². The van der Waals surface area contributed by atoms with Crippen molar-refractivity contribution >= 4 is 8.56 Å². The molecule has 2 unspecified atom stereocenters. The summed E-state index contributed by atoms with van der Waals surface area (Å²) in [5.41, 5.74) is 0. The van der Waals surface area contributed by atoms with Crippen molar-refractivity contribution in [3.05, 3.63) is 24.3 Å². The molecule has 2 radical (unpaired) electrons. The van der Waals surface area contributed by atoms with Gasteiger partial charge in [0.25, 0.3) is 0 Å². The molecular formula is C11H20Ac2O4Si. The largest absolute Gasteiger partial charge is 0.392 e. The average Bonchev–Trinajstić information content (AvgIpc) is 2.21. The van der Waals surface area contributed by atoms with Crippen molar-refractivity contribution in [2.45, 2.75) is 31.7 Å². The van der Waals surface area contributed by atoms with E-state index in [2.05, 4.69) is 0 Å². The van der Waals surface area contributed by atoms with Gasteiger partial charge in [-0.15, -0.1) is 0 Å². The van der Waals surface area contributed by atoms with Crippen LogP contribution in [0.2, 0.25) is 13.1 Å². The van der Waals surface area contributed by atoms with Crippen LogP contribution < -0.4 is 0 Å². The molecule has 0 bridgehead atoms. The molecule has 1 rings (SSSR count). The van der Waals surface area contributed by atoms with E-state index in [1.807, 2.05) is 25.2 Å². The van der Waals surface area contributed by atoms with E-state index >= 15 is 0 Å². The number of hydrogen-bond acceptors (Lipinski definition) is 4. The van der Waals surface area contributed by atoms with Gasteiger partial charge >= 0.3 is 8.56 Å². The average molecular weight is 698 g/mol. The minimum Gasteiger partial charge on any atom is -0.392 e. The topological polar surface area (TPSA) is 58.9 Å². The molecule has 0 spiro atoms. The molecule has 1 heterocycles. The zero-order chi connectivity index (χ0) is 12.0. The molecule has 0 amide bonds. The van der Waals surface area contributed by atoms with Crippen LogP contribution in [-0.2, 0) is 8.85 Å². The molecule has 2 atom stereocenters. The molecule has 1 aliphatic heterocycles. The standard InChI is InChI=1S/C11H20O4Si.2Ac/c1-16(2)14-10(5-3-7-12)9-11(15-16)6-4-8-13;;/h3-6,10-13H,7-9H2,1-2H3;;/b5-3+,6-4+;;. The second-order valence-corrected chi connectivity index (χ2v) is 7.44. The van der Waals surface area contributed by atoms with Crippen molar-refractivity contribution in [3.63, 3.8) is 0 Å². The molecule has 0 aromatic rings. The minimum absolute atomic E-state index is 0. The Morgan fingerprint density at radius 3 is 1.72 bits per heavy atom. The Labute approximate surface area is 182 Å². The Morgan fingerprint density at radius 1 is 1.00 bits per heavy atom. The summed E-state index contributed by atoms with van der Waals surface area (Å²) in [5.74, 6) is 0. The molecule has 1 aliphatic rings. The van der Waals surface area contributed by atoms with E-state index in [1.54, 1.807) is 12.2 Å². The van der Waals surface area contributed by atoms with E-state index in [0.29, 0.717) is 0 Å². The van der Waals surface area contributed by atoms with Crippen molar-refractivity contribution in [1.82, 2.24) is 0 Å². The van der Waals surface area contributed by atoms with E-state index in [1.165, 1.54) is 0 Å². The summed E-state index contributed by atoms with van der Waals surface area (Å²) >= 11 is 0. The quantitative estimate of drug-likeness (QED) is 0.340. The molecule has 0 aromatic heterocycles. The second-order valence-electron chi connectivity index (χ2n) is 4.17. The molecule has 4 nitrogen and oxygen atoms in total. The first-order valence-corrected chi connectivity index (χ1v) is 8.29. The molecule has 0 saturated carbocycles. The Balaban J connectivity index is 0. The Kier molecular flexibility index (Phi) is 15.1. The molecule has 7 heteroatoms. The summed E-state index contributed by atoms with van der Waals surface area (Å²) in [6.45, 7) is 4.04. The van der Waals surface area contributed by atoms with Crippen molar-refractivity contribution in [2.24, 2.45) is 0 Å². The van der Waals surface area contributed by atoms with Gasteiger partial charge in [-0.25, -0.2) is 0 Å². The summed E-state index contributed by atoms with van der Waals surface area (Å²) in [7, 11) is -2.08. The maximum atomic E-state index is 8.73. The van der Waals surface area contributed by atoms with E-state index in [4.69, 9.17) is 19.1 Å². The first kappa shape index (κ1) is 22.7. The van der Waals surface area contributed by atoms with Gasteiger partial charge in [0.05, 0.1) is 25.4 Å². The molecule has 0 aromatic carbocycles. The molecule has 1 fully saturated rings. The fourth-order valence-electron chi connectivity index (χ4n) is 1.74. The zero-order valence-corrected chi connectivity index (χ0v) is 21.4. The van der Waals surface area contributed by atoms with Crippen LogP contribution in [0.3, 0.4) is 0 Å². The molecule has 18 heavy (non-hydrogen) atoms. The van der Waals surface area contributed by atoms with E-state index in [0.717, 1.165) is 6.42 Å². The third-order valence-corrected chi connectivity index (χ3v) is 3.99. The van der Waals surface area contributed by atoms with E-state index < -0.39 is 8.56 Å². The first-order valence-electron chi connectivity index (χ1n) is 5.48. The number of aliphatic hydroxyl groups excluding tert-OH is 2. The number of hydrogen-bond donors (Lipinski definition) is 2. The second kappa shape index (κ2) is 12.0. The maximum Gasteiger partial charge on any atom is 0.332 e. The third-order valence-electron chi connectivity index (χ3n) is 2.25.